The molecule has 1 saturated carbocycles. The molecule has 2 aliphatic heterocycles. The van der Waals surface area contributed by atoms with Crippen LogP contribution in [0.4, 0.5) is 5.69 Å². The smallest absolute Gasteiger partial charge is 0.260 e. The van der Waals surface area contributed by atoms with E-state index in [1.165, 1.54) is 38.4 Å². The second kappa shape index (κ2) is 14.0. The van der Waals surface area contributed by atoms with Crippen LogP contribution < -0.4 is 19.6 Å². The molecule has 0 radical (unpaired) electrons. The molecule has 0 spiro atoms. The Morgan fingerprint density at radius 1 is 0.818 bits per heavy atom. The van der Waals surface area contributed by atoms with Gasteiger partial charge < -0.3 is 19.3 Å². The lowest BCUT2D eigenvalue weighted by atomic mass is 9.49. The minimum atomic E-state index is -1.70. The molecule has 3 fully saturated rings. The third-order valence-electron chi connectivity index (χ3n) is 11.7. The van der Waals surface area contributed by atoms with Crippen molar-refractivity contribution in [2.75, 3.05) is 26.8 Å². The highest BCUT2D eigenvalue weighted by molar-refractivity contribution is 6.36. The van der Waals surface area contributed by atoms with E-state index in [0.717, 1.165) is 10.6 Å². The second-order valence-corrected chi connectivity index (χ2v) is 15.1. The van der Waals surface area contributed by atoms with E-state index in [9.17, 15) is 14.7 Å². The summed E-state index contributed by atoms with van der Waals surface area (Å²) < 4.78 is 16.9. The summed E-state index contributed by atoms with van der Waals surface area (Å²) in [7, 11) is 4.43. The molecule has 0 bridgehead atoms. The van der Waals surface area contributed by atoms with Crippen molar-refractivity contribution < 1.29 is 38.5 Å². The van der Waals surface area contributed by atoms with Crippen molar-refractivity contribution >= 4 is 52.5 Å². The monoisotopic (exact) mass is 781 g/mol. The number of carbonyl (C=O) groups is 4. The lowest BCUT2D eigenvalue weighted by Gasteiger charge is -2.50. The van der Waals surface area contributed by atoms with Gasteiger partial charge in [-0.05, 0) is 60.2 Å². The number of likely N-dealkylation sites (tertiary alicyclic amines) is 1. The predicted octanol–water partition coefficient (Wildman–Crippen LogP) is 6.91. The summed E-state index contributed by atoms with van der Waals surface area (Å²) in [5.74, 6) is -5.25. The Hall–Kier alpha value is -5.52. The molecular formula is C42H37Cl2N3O8. The normalized spacial score (nSPS) is 25.6. The van der Waals surface area contributed by atoms with E-state index in [1.54, 1.807) is 42.5 Å². The number of methoxy groups -OCH3 is 3. The average Bonchev–Trinajstić information content (AvgIpc) is 3.56. The van der Waals surface area contributed by atoms with Crippen LogP contribution in [0.3, 0.4) is 0 Å². The zero-order valence-electron chi connectivity index (χ0n) is 30.1. The fourth-order valence-corrected chi connectivity index (χ4v) is 9.76. The standard InChI is InChI=1S/C42H37Cl2N3O8/c1-53-25-12-9-23(10-13-25)42-30(39(50)47(41(42)52)45-32-16-11-24(43)17-31(32)44)20-29-27(37(42)36-33(48)18-26(54-2)19-34(36)55-3)14-15-28-35(29)40(51)46(38(28)49)21-22-7-5-4-6-8-22/h4-14,16-19,28-30,35,37,45,48H,15,20-21H2,1-3H3/t28-,29+,30-,35-,37+,42+/m0/s1. The summed E-state index contributed by atoms with van der Waals surface area (Å²) in [5, 5.41) is 13.5. The Morgan fingerprint density at radius 3 is 2.22 bits per heavy atom. The molecule has 0 unspecified atom stereocenters. The number of hydrogen-bond donors (Lipinski definition) is 2. The van der Waals surface area contributed by atoms with Crippen molar-refractivity contribution in [2.24, 2.45) is 23.7 Å². The fourth-order valence-electron chi connectivity index (χ4n) is 9.31. The summed E-state index contributed by atoms with van der Waals surface area (Å²) in [6.45, 7) is 0.111. The first-order valence-corrected chi connectivity index (χ1v) is 18.6. The largest absolute Gasteiger partial charge is 0.507 e. The van der Waals surface area contributed by atoms with E-state index in [1.807, 2.05) is 36.4 Å². The van der Waals surface area contributed by atoms with Crippen molar-refractivity contribution in [1.29, 1.82) is 0 Å². The topological polar surface area (TPSA) is 135 Å². The maximum atomic E-state index is 15.5. The quantitative estimate of drug-likeness (QED) is 0.137. The number of amides is 4. The summed E-state index contributed by atoms with van der Waals surface area (Å²) in [5.41, 5.74) is 3.73. The van der Waals surface area contributed by atoms with Gasteiger partial charge in [0.05, 0.1) is 61.8 Å². The molecule has 8 rings (SSSR count). The van der Waals surface area contributed by atoms with Crippen LogP contribution in [0, 0.1) is 23.7 Å². The number of hydrogen-bond acceptors (Lipinski definition) is 9. The molecule has 4 aliphatic rings. The Labute approximate surface area is 327 Å². The highest BCUT2D eigenvalue weighted by Gasteiger charge is 2.71. The molecule has 282 valence electrons. The number of allylic oxidation sites excluding steroid dienone is 2. The number of nitrogens with one attached hydrogen (secondary N) is 1. The molecule has 55 heavy (non-hydrogen) atoms. The zero-order chi connectivity index (χ0) is 38.8. The van der Waals surface area contributed by atoms with E-state index >= 15 is 9.59 Å². The number of fused-ring (bicyclic) bond motifs is 4. The molecule has 6 atom stereocenters. The van der Waals surface area contributed by atoms with Crippen LogP contribution in [0.15, 0.2) is 96.6 Å². The van der Waals surface area contributed by atoms with Crippen LogP contribution in [0.1, 0.15) is 35.4 Å². The third-order valence-corrected chi connectivity index (χ3v) is 12.2. The van der Waals surface area contributed by atoms with Gasteiger partial charge in [0.15, 0.2) is 0 Å². The molecule has 2 saturated heterocycles. The number of phenolic OH excluding ortho intramolecular Hbond substituents is 1. The van der Waals surface area contributed by atoms with Gasteiger partial charge in [0, 0.05) is 28.6 Å². The lowest BCUT2D eigenvalue weighted by Crippen LogP contribution is -2.53. The first-order chi connectivity index (χ1) is 26.5. The number of ether oxygens (including phenoxy) is 3. The van der Waals surface area contributed by atoms with Crippen LogP contribution in [0.5, 0.6) is 23.0 Å². The summed E-state index contributed by atoms with van der Waals surface area (Å²) >= 11 is 12.7. The molecule has 4 aromatic rings. The number of rotatable bonds is 9. The number of anilines is 1. The van der Waals surface area contributed by atoms with E-state index in [-0.39, 0.29) is 59.0 Å². The molecular weight excluding hydrogens is 745 g/mol. The number of halogens is 2. The number of nitrogens with zero attached hydrogens (tertiary/aromatic N) is 2. The Morgan fingerprint density at radius 2 is 1.55 bits per heavy atom. The number of carbonyl (C=O) groups excluding carboxylic acids is 4. The highest BCUT2D eigenvalue weighted by atomic mass is 35.5. The van der Waals surface area contributed by atoms with Crippen LogP contribution in [0.2, 0.25) is 10.0 Å². The molecule has 2 aliphatic carbocycles. The average molecular weight is 783 g/mol. The van der Waals surface area contributed by atoms with Gasteiger partial charge in [0.25, 0.3) is 11.8 Å². The van der Waals surface area contributed by atoms with Crippen molar-refractivity contribution in [3.05, 3.63) is 123 Å². The number of phenols is 1. The predicted molar refractivity (Wildman–Crippen MR) is 204 cm³/mol. The number of benzene rings is 4. The molecule has 11 nitrogen and oxygen atoms in total. The highest BCUT2D eigenvalue weighted by Crippen LogP contribution is 2.66. The van der Waals surface area contributed by atoms with Gasteiger partial charge in [0.2, 0.25) is 11.8 Å². The van der Waals surface area contributed by atoms with Crippen molar-refractivity contribution in [1.82, 2.24) is 9.91 Å². The minimum Gasteiger partial charge on any atom is -0.507 e. The SMILES string of the molecule is COc1ccc([C@@]23C(=O)N(Nc4ccc(Cl)cc4Cl)C(=O)[C@@H]2C[C@@H]2C(=CC[C@@H]4C(=O)N(Cc5ccccc5)C(=O)[C@@H]42)[C@@H]3c2c(O)cc(OC)cc2OC)cc1. The van der Waals surface area contributed by atoms with Gasteiger partial charge in [0.1, 0.15) is 23.0 Å². The number of hydrazine groups is 1. The molecule has 2 N–H and O–H groups in total. The minimum absolute atomic E-state index is 0.0596. The fraction of sp³-hybridized carbons (Fsp3) is 0.286. The Bertz CT molecular complexity index is 2260. The number of aromatic hydroxyl groups is 1. The van der Waals surface area contributed by atoms with Crippen LogP contribution in [-0.2, 0) is 31.1 Å². The van der Waals surface area contributed by atoms with E-state index in [0.29, 0.717) is 27.7 Å². The van der Waals surface area contributed by atoms with Crippen LogP contribution in [0.25, 0.3) is 0 Å². The van der Waals surface area contributed by atoms with E-state index in [4.69, 9.17) is 37.4 Å². The molecule has 4 aromatic carbocycles. The molecule has 13 heteroatoms. The van der Waals surface area contributed by atoms with Crippen molar-refractivity contribution in [2.45, 2.75) is 30.7 Å². The Balaban J connectivity index is 1.35. The van der Waals surface area contributed by atoms with Crippen LogP contribution >= 0.6 is 23.2 Å². The van der Waals surface area contributed by atoms with Gasteiger partial charge in [-0.25, -0.2) is 0 Å². The van der Waals surface area contributed by atoms with Gasteiger partial charge in [-0.2, -0.15) is 5.01 Å². The van der Waals surface area contributed by atoms with Gasteiger partial charge in [-0.1, -0.05) is 77.3 Å². The number of imide groups is 2. The van der Waals surface area contributed by atoms with Gasteiger partial charge in [-0.15, -0.1) is 0 Å². The zero-order valence-corrected chi connectivity index (χ0v) is 31.6. The van der Waals surface area contributed by atoms with Crippen LogP contribution in [-0.4, -0.2) is 60.0 Å². The van der Waals surface area contributed by atoms with Crippen molar-refractivity contribution in [3.8, 4) is 23.0 Å². The Kier molecular flexibility index (Phi) is 9.25. The molecule has 2 heterocycles. The maximum Gasteiger partial charge on any atom is 0.260 e. The van der Waals surface area contributed by atoms with Crippen molar-refractivity contribution in [3.63, 3.8) is 0 Å². The van der Waals surface area contributed by atoms with Gasteiger partial charge in [-0.3, -0.25) is 29.5 Å². The summed E-state index contributed by atoms with van der Waals surface area (Å²) in [6.07, 6.45) is 2.20. The first kappa shape index (κ1) is 36.5. The molecule has 0 aromatic heterocycles. The molecule has 4 amide bonds. The van der Waals surface area contributed by atoms with E-state index < -0.39 is 46.8 Å². The maximum absolute atomic E-state index is 15.5. The van der Waals surface area contributed by atoms with E-state index in [2.05, 4.69) is 5.43 Å². The summed E-state index contributed by atoms with van der Waals surface area (Å²) in [4.78, 5) is 60.4. The first-order valence-electron chi connectivity index (χ1n) is 17.8. The second-order valence-electron chi connectivity index (χ2n) is 14.2. The third kappa shape index (κ3) is 5.62. The van der Waals surface area contributed by atoms with Gasteiger partial charge >= 0.3 is 0 Å². The summed E-state index contributed by atoms with van der Waals surface area (Å²) in [6, 6.07) is 23.9. The lowest BCUT2D eigenvalue weighted by molar-refractivity contribution is -0.142.